The Balaban J connectivity index is 1.48. The fourth-order valence-corrected chi connectivity index (χ4v) is 11.5. The van der Waals surface area contributed by atoms with E-state index in [-0.39, 0.29) is 20.1 Å². The van der Waals surface area contributed by atoms with Crippen molar-refractivity contribution in [1.82, 2.24) is 4.57 Å². The van der Waals surface area contributed by atoms with Gasteiger partial charge in [0.05, 0.1) is 0 Å². The molecule has 0 atom stereocenters. The summed E-state index contributed by atoms with van der Waals surface area (Å²) in [6.45, 7) is 2.23. The SMILES string of the molecule is CCn1c(=Cc2[se]c3ccccc3c2CS(=O)(=O)O)s/c(=C/C=C2\Sc3c(ccc4ccccc34)N2CS(=O)(=O)O)c1=O. The van der Waals surface area contributed by atoms with E-state index in [1.807, 2.05) is 73.7 Å². The maximum absolute atomic E-state index is 13.4. The molecular weight excluding hydrogens is 696 g/mol. The number of thiazole rings is 1. The van der Waals surface area contributed by atoms with Crippen LogP contribution in [0.15, 0.2) is 81.5 Å². The number of hydrogen-bond acceptors (Lipinski definition) is 8. The molecule has 0 saturated heterocycles. The number of benzene rings is 3. The van der Waals surface area contributed by atoms with Crippen LogP contribution in [0.5, 0.6) is 0 Å². The summed E-state index contributed by atoms with van der Waals surface area (Å²) in [5.41, 5.74) is 0.943. The predicted molar refractivity (Wildman–Crippen MR) is 174 cm³/mol. The van der Waals surface area contributed by atoms with Crippen molar-refractivity contribution in [3.8, 4) is 0 Å². The van der Waals surface area contributed by atoms with E-state index in [1.165, 1.54) is 28.0 Å². The first-order valence-corrected chi connectivity index (χ1v) is 19.5. The molecule has 2 aromatic heterocycles. The van der Waals surface area contributed by atoms with E-state index in [9.17, 15) is 30.7 Å². The Labute approximate surface area is 261 Å². The van der Waals surface area contributed by atoms with Crippen molar-refractivity contribution in [3.05, 3.63) is 101 Å². The number of aromatic nitrogens is 1. The number of allylic oxidation sites excluding steroid dienone is 1. The van der Waals surface area contributed by atoms with Gasteiger partial charge in [0.15, 0.2) is 0 Å². The van der Waals surface area contributed by atoms with Gasteiger partial charge in [0.2, 0.25) is 0 Å². The predicted octanol–water partition coefficient (Wildman–Crippen LogP) is 3.59. The molecule has 222 valence electrons. The van der Waals surface area contributed by atoms with Gasteiger partial charge >= 0.3 is 245 Å². The Hall–Kier alpha value is -2.94. The summed E-state index contributed by atoms with van der Waals surface area (Å²) >= 11 is 2.39. The van der Waals surface area contributed by atoms with Crippen LogP contribution in [0.3, 0.4) is 0 Å². The molecule has 1 aliphatic heterocycles. The van der Waals surface area contributed by atoms with Crippen molar-refractivity contribution in [2.24, 2.45) is 0 Å². The van der Waals surface area contributed by atoms with Crippen LogP contribution in [0, 0.1) is 0 Å². The van der Waals surface area contributed by atoms with Crippen molar-refractivity contribution in [2.45, 2.75) is 24.1 Å². The maximum atomic E-state index is 13.4. The second-order valence-electron chi connectivity index (χ2n) is 9.71. The molecule has 1 aliphatic rings. The van der Waals surface area contributed by atoms with Gasteiger partial charge in [-0.25, -0.2) is 0 Å². The number of fused-ring (bicyclic) bond motifs is 4. The molecule has 0 aliphatic carbocycles. The van der Waals surface area contributed by atoms with Crippen LogP contribution in [0.1, 0.15) is 16.9 Å². The minimum absolute atomic E-state index is 0.216. The summed E-state index contributed by atoms with van der Waals surface area (Å²) in [4.78, 5) is 15.8. The molecule has 0 bridgehead atoms. The van der Waals surface area contributed by atoms with Gasteiger partial charge in [0.25, 0.3) is 0 Å². The third-order valence-electron chi connectivity index (χ3n) is 6.86. The Kier molecular flexibility index (Phi) is 8.07. The van der Waals surface area contributed by atoms with Gasteiger partial charge in [0.1, 0.15) is 0 Å². The van der Waals surface area contributed by atoms with Crippen LogP contribution in [-0.4, -0.2) is 50.9 Å². The van der Waals surface area contributed by atoms with E-state index in [2.05, 4.69) is 0 Å². The zero-order valence-electron chi connectivity index (χ0n) is 22.5. The first-order valence-electron chi connectivity index (χ1n) is 12.9. The van der Waals surface area contributed by atoms with Gasteiger partial charge in [-0.1, -0.05) is 18.2 Å². The van der Waals surface area contributed by atoms with E-state index < -0.39 is 31.9 Å². The Morgan fingerprint density at radius 2 is 1.63 bits per heavy atom. The average Bonchev–Trinajstić information content (AvgIpc) is 3.57. The quantitative estimate of drug-likeness (QED) is 0.191. The van der Waals surface area contributed by atoms with Crippen molar-refractivity contribution < 1.29 is 25.9 Å². The second kappa shape index (κ2) is 11.5. The Bertz CT molecular complexity index is 2350. The summed E-state index contributed by atoms with van der Waals surface area (Å²) in [5.74, 6) is -1.15. The number of anilines is 1. The van der Waals surface area contributed by atoms with Crippen molar-refractivity contribution in [2.75, 3.05) is 10.8 Å². The first-order chi connectivity index (χ1) is 20.4. The van der Waals surface area contributed by atoms with Gasteiger partial charge in [-0.3, -0.25) is 0 Å². The average molecular weight is 720 g/mol. The fraction of sp³-hybridized carbons (Fsp3) is 0.138. The summed E-state index contributed by atoms with van der Waals surface area (Å²) in [6, 6.07) is 18.9. The molecule has 3 aromatic carbocycles. The molecule has 0 amide bonds. The van der Waals surface area contributed by atoms with Crippen LogP contribution >= 0.6 is 23.1 Å². The molecule has 0 radical (unpaired) electrons. The monoisotopic (exact) mass is 720 g/mol. The van der Waals surface area contributed by atoms with E-state index in [4.69, 9.17) is 0 Å². The van der Waals surface area contributed by atoms with E-state index in [0.29, 0.717) is 32.0 Å². The van der Waals surface area contributed by atoms with Gasteiger partial charge in [-0.2, -0.15) is 0 Å². The fourth-order valence-electron chi connectivity index (χ4n) is 5.03. The van der Waals surface area contributed by atoms with E-state index in [0.717, 1.165) is 29.8 Å². The zero-order chi connectivity index (χ0) is 30.5. The van der Waals surface area contributed by atoms with Crippen molar-refractivity contribution in [1.29, 1.82) is 0 Å². The Morgan fingerprint density at radius 3 is 2.35 bits per heavy atom. The molecule has 6 rings (SSSR count). The van der Waals surface area contributed by atoms with Gasteiger partial charge in [-0.05, 0) is 0 Å². The number of rotatable bonds is 7. The number of hydrogen-bond donors (Lipinski definition) is 2. The van der Waals surface area contributed by atoms with E-state index >= 15 is 0 Å². The van der Waals surface area contributed by atoms with Crippen LogP contribution in [0.25, 0.3) is 32.6 Å². The molecule has 0 fully saturated rings. The molecule has 0 saturated carbocycles. The normalized spacial score (nSPS) is 15.8. The number of thioether (sulfide) groups is 1. The third kappa shape index (κ3) is 6.19. The topological polar surface area (TPSA) is 134 Å². The van der Waals surface area contributed by atoms with Gasteiger partial charge in [-0.15, -0.1) is 0 Å². The summed E-state index contributed by atoms with van der Waals surface area (Å²) in [7, 11) is -8.64. The molecule has 9 nitrogen and oxygen atoms in total. The van der Waals surface area contributed by atoms with Gasteiger partial charge < -0.3 is 0 Å². The van der Waals surface area contributed by atoms with Crippen LogP contribution in [-0.2, 0) is 32.5 Å². The van der Waals surface area contributed by atoms with Crippen LogP contribution in [0.4, 0.5) is 5.69 Å². The van der Waals surface area contributed by atoms with E-state index in [1.54, 1.807) is 16.7 Å². The molecular formula is C29H24N2O7S4Se. The standard InChI is InChI=1S/C29H24N2O7S4Se/c1-2-30-27(15-25-21(16-41(33,34)35)20-9-5-6-10-24(20)43-25)39-23(29(30)32)13-14-26-31(17-42(36,37)38)22-12-11-18-7-3-4-8-19(18)28(22)40-26/h3-15H,2,16-17H2,1H3,(H,33,34,35)(H,36,37,38)/b23-13+,26-14-,27-15?. The molecule has 3 heterocycles. The molecule has 14 heteroatoms. The zero-order valence-corrected chi connectivity index (χ0v) is 27.5. The first kappa shape index (κ1) is 30.1. The Morgan fingerprint density at radius 1 is 0.907 bits per heavy atom. The molecule has 2 N–H and O–H groups in total. The minimum atomic E-state index is -4.36. The summed E-state index contributed by atoms with van der Waals surface area (Å²) in [5, 5.41) is 3.27. The van der Waals surface area contributed by atoms with Crippen molar-refractivity contribution in [3.63, 3.8) is 0 Å². The third-order valence-corrected chi connectivity index (χ3v) is 12.8. The summed E-state index contributed by atoms with van der Waals surface area (Å²) < 4.78 is 71.3. The molecule has 0 spiro atoms. The van der Waals surface area contributed by atoms with Crippen LogP contribution < -0.4 is 19.7 Å². The van der Waals surface area contributed by atoms with Crippen molar-refractivity contribution >= 4 is 96.1 Å². The molecule has 5 aromatic rings. The summed E-state index contributed by atoms with van der Waals surface area (Å²) in [6.07, 6.45) is 5.16. The molecule has 0 unspecified atom stereocenters. The number of nitrogens with zero attached hydrogens (tertiary/aromatic N) is 2. The molecule has 43 heavy (non-hydrogen) atoms. The van der Waals surface area contributed by atoms with Crippen LogP contribution in [0.2, 0.25) is 0 Å². The van der Waals surface area contributed by atoms with Gasteiger partial charge in [0, 0.05) is 0 Å². The second-order valence-corrected chi connectivity index (χ2v) is 17.0.